The minimum Gasteiger partial charge on any atom is -0.379 e. The third-order valence-corrected chi connectivity index (χ3v) is 8.52. The smallest absolute Gasteiger partial charge is 0.260 e. The van der Waals surface area contributed by atoms with Crippen LogP contribution in [-0.4, -0.2) is 74.8 Å². The van der Waals surface area contributed by atoms with Gasteiger partial charge in [-0.05, 0) is 36.4 Å². The van der Waals surface area contributed by atoms with Gasteiger partial charge in [0.2, 0.25) is 0 Å². The van der Waals surface area contributed by atoms with Crippen LogP contribution in [0.2, 0.25) is 0 Å². The molecule has 180 valence electrons. The highest BCUT2D eigenvalue weighted by Gasteiger charge is 2.24. The first-order valence-corrected chi connectivity index (χ1v) is 14.0. The number of anilines is 1. The van der Waals surface area contributed by atoms with Crippen molar-refractivity contribution in [3.63, 3.8) is 0 Å². The van der Waals surface area contributed by atoms with Crippen molar-refractivity contribution < 1.29 is 17.9 Å². The summed E-state index contributed by atoms with van der Waals surface area (Å²) in [5, 5.41) is 0.554. The van der Waals surface area contributed by atoms with Gasteiger partial charge in [-0.15, -0.1) is 23.7 Å². The lowest BCUT2D eigenvalue weighted by Gasteiger charge is -2.29. The molecule has 1 saturated heterocycles. The average Bonchev–Trinajstić information content (AvgIpc) is 3.45. The minimum absolute atomic E-state index is 0. The molecule has 0 atom stereocenters. The second-order valence-electron chi connectivity index (χ2n) is 7.84. The molecule has 2 aromatic heterocycles. The number of benzene rings is 2. The number of rotatable bonds is 6. The fourth-order valence-corrected chi connectivity index (χ4v) is 6.20. The second-order valence-corrected chi connectivity index (χ2v) is 11.8. The van der Waals surface area contributed by atoms with Crippen LogP contribution in [-0.2, 0) is 14.6 Å². The molecular formula is C22H23ClN4O4S3. The second kappa shape index (κ2) is 10.2. The summed E-state index contributed by atoms with van der Waals surface area (Å²) in [4.78, 5) is 26.8. The predicted molar refractivity (Wildman–Crippen MR) is 139 cm³/mol. The van der Waals surface area contributed by atoms with Crippen molar-refractivity contribution >= 4 is 76.4 Å². The van der Waals surface area contributed by atoms with Crippen LogP contribution in [0.15, 0.2) is 46.8 Å². The number of thiazole rings is 2. The number of hydrogen-bond acceptors (Lipinski definition) is 9. The third-order valence-electron chi connectivity index (χ3n) is 5.57. The molecule has 0 bridgehead atoms. The first kappa shape index (κ1) is 25.0. The molecule has 2 aromatic carbocycles. The number of sulfone groups is 1. The number of nitrogens with zero attached hydrogens (tertiary/aromatic N) is 4. The lowest BCUT2D eigenvalue weighted by Crippen LogP contribution is -2.43. The molecule has 5 rings (SSSR count). The zero-order valence-corrected chi connectivity index (χ0v) is 21.6. The Hall–Kier alpha value is -2.15. The number of carbonyl (C=O) groups excluding carboxylic acids is 1. The maximum absolute atomic E-state index is 13.6. The van der Waals surface area contributed by atoms with Crippen molar-refractivity contribution in [2.75, 3.05) is 50.5 Å². The molecule has 0 spiro atoms. The van der Waals surface area contributed by atoms with Gasteiger partial charge in [-0.25, -0.2) is 18.4 Å². The molecule has 0 unspecified atom stereocenters. The number of amides is 1. The van der Waals surface area contributed by atoms with E-state index in [1.165, 1.54) is 28.9 Å². The summed E-state index contributed by atoms with van der Waals surface area (Å²) in [6.45, 7) is 4.19. The molecule has 0 N–H and O–H groups in total. The van der Waals surface area contributed by atoms with E-state index in [-0.39, 0.29) is 23.2 Å². The van der Waals surface area contributed by atoms with E-state index in [1.54, 1.807) is 34.7 Å². The summed E-state index contributed by atoms with van der Waals surface area (Å²) >= 11 is 2.82. The van der Waals surface area contributed by atoms with E-state index in [0.717, 1.165) is 28.0 Å². The van der Waals surface area contributed by atoms with Crippen LogP contribution in [0.3, 0.4) is 0 Å². The highest BCUT2D eigenvalue weighted by Crippen LogP contribution is 2.32. The highest BCUT2D eigenvalue weighted by molar-refractivity contribution is 7.90. The summed E-state index contributed by atoms with van der Waals surface area (Å²) in [5.74, 6) is -0.138. The van der Waals surface area contributed by atoms with Crippen molar-refractivity contribution in [3.8, 4) is 0 Å². The monoisotopic (exact) mass is 538 g/mol. The molecule has 1 aliphatic rings. The van der Waals surface area contributed by atoms with Crippen LogP contribution in [0.4, 0.5) is 5.13 Å². The van der Waals surface area contributed by atoms with Gasteiger partial charge in [0.25, 0.3) is 5.91 Å². The van der Waals surface area contributed by atoms with E-state index in [0.29, 0.717) is 42.5 Å². The van der Waals surface area contributed by atoms with Crippen LogP contribution in [0, 0.1) is 0 Å². The lowest BCUT2D eigenvalue weighted by molar-refractivity contribution is 0.0391. The maximum atomic E-state index is 13.6. The van der Waals surface area contributed by atoms with Crippen molar-refractivity contribution in [2.24, 2.45) is 0 Å². The van der Waals surface area contributed by atoms with Crippen LogP contribution >= 0.6 is 35.1 Å². The van der Waals surface area contributed by atoms with Crippen LogP contribution < -0.4 is 4.90 Å². The standard InChI is InChI=1S/C22H22N4O4S3.ClH/c1-33(28,29)16-3-5-18-20(13-16)32-22(24-18)26(7-6-25-8-10-30-11-9-25)21(27)15-2-4-17-19(12-15)31-14-23-17;/h2-5,12-14H,6-11H2,1H3;1H. The minimum atomic E-state index is -3.33. The quantitative estimate of drug-likeness (QED) is 0.369. The predicted octanol–water partition coefficient (Wildman–Crippen LogP) is 3.71. The van der Waals surface area contributed by atoms with Gasteiger partial charge in [-0.2, -0.15) is 0 Å². The third kappa shape index (κ3) is 5.24. The topological polar surface area (TPSA) is 92.7 Å². The Bertz CT molecular complexity index is 1430. The average molecular weight is 539 g/mol. The van der Waals surface area contributed by atoms with Gasteiger partial charge in [0.1, 0.15) is 0 Å². The van der Waals surface area contributed by atoms with Gasteiger partial charge in [0.15, 0.2) is 15.0 Å². The number of carbonyl (C=O) groups is 1. The van der Waals surface area contributed by atoms with Gasteiger partial charge in [-0.1, -0.05) is 11.3 Å². The van der Waals surface area contributed by atoms with E-state index in [1.807, 2.05) is 12.1 Å². The summed E-state index contributed by atoms with van der Waals surface area (Å²) in [6.07, 6.45) is 1.18. The summed E-state index contributed by atoms with van der Waals surface area (Å²) in [6, 6.07) is 10.4. The van der Waals surface area contributed by atoms with Crippen molar-refractivity contribution in [1.82, 2.24) is 14.9 Å². The van der Waals surface area contributed by atoms with E-state index < -0.39 is 9.84 Å². The van der Waals surface area contributed by atoms with E-state index in [4.69, 9.17) is 4.74 Å². The van der Waals surface area contributed by atoms with Gasteiger partial charge in [0, 0.05) is 38.0 Å². The van der Waals surface area contributed by atoms with E-state index in [2.05, 4.69) is 14.9 Å². The number of morpholine rings is 1. The molecule has 0 radical (unpaired) electrons. The number of hydrogen-bond donors (Lipinski definition) is 0. The van der Waals surface area contributed by atoms with E-state index >= 15 is 0 Å². The highest BCUT2D eigenvalue weighted by atomic mass is 35.5. The Morgan fingerprint density at radius 1 is 1.12 bits per heavy atom. The van der Waals surface area contributed by atoms with Gasteiger partial charge in [0.05, 0.1) is 44.1 Å². The molecule has 4 aromatic rings. The molecule has 1 aliphatic heterocycles. The molecule has 12 heteroatoms. The normalized spacial score (nSPS) is 14.9. The SMILES string of the molecule is CS(=O)(=O)c1ccc2nc(N(CCN3CCOCC3)C(=O)c3ccc4ncsc4c3)sc2c1.Cl. The van der Waals surface area contributed by atoms with Crippen molar-refractivity contribution in [3.05, 3.63) is 47.5 Å². The van der Waals surface area contributed by atoms with Crippen molar-refractivity contribution in [2.45, 2.75) is 4.90 Å². The maximum Gasteiger partial charge on any atom is 0.260 e. The van der Waals surface area contributed by atoms with Gasteiger partial charge >= 0.3 is 0 Å². The molecule has 8 nitrogen and oxygen atoms in total. The first-order chi connectivity index (χ1) is 15.9. The Balaban J connectivity index is 0.00000274. The van der Waals surface area contributed by atoms with Crippen molar-refractivity contribution in [1.29, 1.82) is 0 Å². The zero-order chi connectivity index (χ0) is 23.0. The fourth-order valence-electron chi connectivity index (χ4n) is 3.73. The molecule has 1 amide bonds. The summed E-state index contributed by atoms with van der Waals surface area (Å²) in [5.41, 5.74) is 3.88. The largest absolute Gasteiger partial charge is 0.379 e. The summed E-state index contributed by atoms with van der Waals surface area (Å²) in [7, 11) is -3.33. The molecule has 0 aliphatic carbocycles. The number of halogens is 1. The Kier molecular flexibility index (Phi) is 7.51. The number of fused-ring (bicyclic) bond motifs is 2. The molecular weight excluding hydrogens is 516 g/mol. The molecule has 0 saturated carbocycles. The Labute approximate surface area is 211 Å². The summed E-state index contributed by atoms with van der Waals surface area (Å²) < 4.78 is 31.1. The number of aromatic nitrogens is 2. The molecule has 34 heavy (non-hydrogen) atoms. The Morgan fingerprint density at radius 3 is 2.65 bits per heavy atom. The molecule has 3 heterocycles. The van der Waals surface area contributed by atoms with Gasteiger partial charge in [-0.3, -0.25) is 14.6 Å². The fraction of sp³-hybridized carbons (Fsp3) is 0.318. The molecule has 1 fully saturated rings. The van der Waals surface area contributed by atoms with Gasteiger partial charge < -0.3 is 4.74 Å². The zero-order valence-electron chi connectivity index (χ0n) is 18.3. The van der Waals surface area contributed by atoms with E-state index in [9.17, 15) is 13.2 Å². The lowest BCUT2D eigenvalue weighted by atomic mass is 10.2. The Morgan fingerprint density at radius 2 is 1.88 bits per heavy atom. The van der Waals surface area contributed by atoms with Crippen LogP contribution in [0.1, 0.15) is 10.4 Å². The first-order valence-electron chi connectivity index (χ1n) is 10.4. The number of ether oxygens (including phenoxy) is 1. The van der Waals surface area contributed by atoms with Crippen LogP contribution in [0.25, 0.3) is 20.4 Å². The van der Waals surface area contributed by atoms with Crippen LogP contribution in [0.5, 0.6) is 0 Å².